The Balaban J connectivity index is 1.69. The van der Waals surface area contributed by atoms with Crippen molar-refractivity contribution in [2.24, 2.45) is 7.05 Å². The highest BCUT2D eigenvalue weighted by Crippen LogP contribution is 2.20. The average Bonchev–Trinajstić information content (AvgIpc) is 3.31. The normalized spacial score (nSPS) is 15.6. The second kappa shape index (κ2) is 8.80. The summed E-state index contributed by atoms with van der Waals surface area (Å²) >= 11 is 0. The fourth-order valence-electron chi connectivity index (χ4n) is 2.83. The number of esters is 1. The molecule has 0 amide bonds. The van der Waals surface area contributed by atoms with Crippen LogP contribution in [0.15, 0.2) is 17.2 Å². The van der Waals surface area contributed by atoms with Crippen LogP contribution in [0.4, 0.5) is 0 Å². The van der Waals surface area contributed by atoms with Crippen molar-refractivity contribution in [1.29, 1.82) is 0 Å². The Morgan fingerprint density at radius 2 is 2.07 bits per heavy atom. The molecule has 1 saturated heterocycles. The standard InChI is InChI=1S/C16H24N6O5S/c1-3-4-5-22-15(17-18-19-22)12-27-16(23)14-10-13(11-20(14)2)28(24,25)21-6-8-26-9-7-21/h10-11H,3-9,12H2,1-2H3. The average molecular weight is 412 g/mol. The fraction of sp³-hybridized carbons (Fsp3) is 0.625. The third-order valence-electron chi connectivity index (χ3n) is 4.46. The summed E-state index contributed by atoms with van der Waals surface area (Å²) in [5.74, 6) is -0.201. The zero-order valence-electron chi connectivity index (χ0n) is 15.9. The topological polar surface area (TPSA) is 121 Å². The number of aryl methyl sites for hydroxylation is 2. The van der Waals surface area contributed by atoms with E-state index in [1.807, 2.05) is 0 Å². The molecule has 0 spiro atoms. The molecule has 0 aliphatic carbocycles. The van der Waals surface area contributed by atoms with Gasteiger partial charge in [0.15, 0.2) is 12.4 Å². The predicted octanol–water partition coefficient (Wildman–Crippen LogP) is 0.190. The lowest BCUT2D eigenvalue weighted by molar-refractivity contribution is 0.0445. The van der Waals surface area contributed by atoms with Crippen molar-refractivity contribution >= 4 is 16.0 Å². The number of hydrogen-bond acceptors (Lipinski definition) is 8. The molecule has 1 aliphatic rings. The highest BCUT2D eigenvalue weighted by atomic mass is 32.2. The van der Waals surface area contributed by atoms with Crippen molar-refractivity contribution in [3.8, 4) is 0 Å². The smallest absolute Gasteiger partial charge is 0.355 e. The molecule has 11 nitrogen and oxygen atoms in total. The monoisotopic (exact) mass is 412 g/mol. The number of tetrazole rings is 1. The van der Waals surface area contributed by atoms with E-state index in [0.717, 1.165) is 12.8 Å². The van der Waals surface area contributed by atoms with Gasteiger partial charge < -0.3 is 14.0 Å². The van der Waals surface area contributed by atoms with Crippen molar-refractivity contribution in [2.45, 2.75) is 37.8 Å². The molecule has 28 heavy (non-hydrogen) atoms. The van der Waals surface area contributed by atoms with Gasteiger partial charge in [0.1, 0.15) is 10.6 Å². The number of unbranched alkanes of at least 4 members (excludes halogenated alkanes) is 1. The maximum absolute atomic E-state index is 12.7. The minimum Gasteiger partial charge on any atom is -0.453 e. The fourth-order valence-corrected chi connectivity index (χ4v) is 4.31. The largest absolute Gasteiger partial charge is 0.453 e. The quantitative estimate of drug-likeness (QED) is 0.563. The van der Waals surface area contributed by atoms with Gasteiger partial charge in [0.05, 0.1) is 13.2 Å². The second-order valence-electron chi connectivity index (χ2n) is 6.44. The van der Waals surface area contributed by atoms with Crippen LogP contribution in [0.2, 0.25) is 0 Å². The molecule has 3 rings (SSSR count). The Kier molecular flexibility index (Phi) is 6.42. The summed E-state index contributed by atoms with van der Waals surface area (Å²) < 4.78 is 40.4. The van der Waals surface area contributed by atoms with E-state index in [1.54, 1.807) is 11.7 Å². The van der Waals surface area contributed by atoms with Gasteiger partial charge >= 0.3 is 5.97 Å². The van der Waals surface area contributed by atoms with Gasteiger partial charge in [-0.2, -0.15) is 4.31 Å². The maximum Gasteiger partial charge on any atom is 0.355 e. The number of aromatic nitrogens is 5. The Morgan fingerprint density at radius 3 is 2.79 bits per heavy atom. The number of hydrogen-bond donors (Lipinski definition) is 0. The van der Waals surface area contributed by atoms with E-state index in [0.29, 0.717) is 25.6 Å². The van der Waals surface area contributed by atoms with E-state index >= 15 is 0 Å². The van der Waals surface area contributed by atoms with Crippen LogP contribution in [0.5, 0.6) is 0 Å². The third kappa shape index (κ3) is 4.39. The van der Waals surface area contributed by atoms with Crippen molar-refractivity contribution in [1.82, 2.24) is 29.1 Å². The minimum absolute atomic E-state index is 0.0524. The molecule has 1 aliphatic heterocycles. The summed E-state index contributed by atoms with van der Waals surface area (Å²) in [7, 11) is -2.09. The lowest BCUT2D eigenvalue weighted by Gasteiger charge is -2.25. The molecule has 0 unspecified atom stereocenters. The molecule has 2 aromatic heterocycles. The molecule has 3 heterocycles. The number of ether oxygens (including phenoxy) is 2. The highest BCUT2D eigenvalue weighted by Gasteiger charge is 2.29. The maximum atomic E-state index is 12.7. The molecule has 0 bridgehead atoms. The molecule has 154 valence electrons. The molecule has 0 saturated carbocycles. The number of carbonyl (C=O) groups is 1. The van der Waals surface area contributed by atoms with Crippen molar-refractivity contribution in [3.63, 3.8) is 0 Å². The van der Waals surface area contributed by atoms with Gasteiger partial charge in [0.25, 0.3) is 0 Å². The first-order valence-corrected chi connectivity index (χ1v) is 10.5. The minimum atomic E-state index is -3.68. The molecule has 2 aromatic rings. The Hall–Kier alpha value is -2.31. The first kappa shape index (κ1) is 20.4. The Morgan fingerprint density at radius 1 is 1.32 bits per heavy atom. The number of nitrogens with zero attached hydrogens (tertiary/aromatic N) is 6. The lowest BCUT2D eigenvalue weighted by atomic mass is 10.3. The van der Waals surface area contributed by atoms with Crippen molar-refractivity contribution in [2.75, 3.05) is 26.3 Å². The highest BCUT2D eigenvalue weighted by molar-refractivity contribution is 7.89. The van der Waals surface area contributed by atoms with Crippen LogP contribution in [0.3, 0.4) is 0 Å². The van der Waals surface area contributed by atoms with Gasteiger partial charge in [0, 0.05) is 32.9 Å². The molecule has 0 N–H and O–H groups in total. The van der Waals surface area contributed by atoms with Crippen LogP contribution in [0.1, 0.15) is 36.1 Å². The number of carbonyl (C=O) groups excluding carboxylic acids is 1. The van der Waals surface area contributed by atoms with Gasteiger partial charge in [-0.15, -0.1) is 5.10 Å². The van der Waals surface area contributed by atoms with Crippen LogP contribution in [-0.4, -0.2) is 69.8 Å². The van der Waals surface area contributed by atoms with Crippen LogP contribution in [-0.2, 0) is 39.7 Å². The zero-order valence-corrected chi connectivity index (χ0v) is 16.8. The van der Waals surface area contributed by atoms with E-state index in [2.05, 4.69) is 22.4 Å². The van der Waals surface area contributed by atoms with Crippen molar-refractivity contribution in [3.05, 3.63) is 23.8 Å². The van der Waals surface area contributed by atoms with E-state index < -0.39 is 16.0 Å². The summed E-state index contributed by atoms with van der Waals surface area (Å²) in [5.41, 5.74) is 0.138. The Labute approximate surface area is 163 Å². The van der Waals surface area contributed by atoms with Gasteiger partial charge in [-0.05, 0) is 22.9 Å². The summed E-state index contributed by atoms with van der Waals surface area (Å²) in [6.07, 6.45) is 3.31. The molecule has 0 radical (unpaired) electrons. The Bertz CT molecular complexity index is 916. The summed E-state index contributed by atoms with van der Waals surface area (Å²) in [5, 5.41) is 11.3. The molecule has 1 fully saturated rings. The van der Waals surface area contributed by atoms with Gasteiger partial charge in [-0.3, -0.25) is 0 Å². The first-order chi connectivity index (χ1) is 13.4. The summed E-state index contributed by atoms with van der Waals surface area (Å²) in [6, 6.07) is 1.33. The second-order valence-corrected chi connectivity index (χ2v) is 8.37. The van der Waals surface area contributed by atoms with Crippen LogP contribution in [0, 0.1) is 0 Å². The van der Waals surface area contributed by atoms with Crippen LogP contribution in [0.25, 0.3) is 0 Å². The molecular weight excluding hydrogens is 388 g/mol. The molecule has 0 atom stereocenters. The molecular formula is C16H24N6O5S. The summed E-state index contributed by atoms with van der Waals surface area (Å²) in [4.78, 5) is 12.5. The number of morpholine rings is 1. The first-order valence-electron chi connectivity index (χ1n) is 9.10. The van der Waals surface area contributed by atoms with E-state index in [9.17, 15) is 13.2 Å². The van der Waals surface area contributed by atoms with Crippen LogP contribution < -0.4 is 0 Å². The van der Waals surface area contributed by atoms with E-state index in [1.165, 1.54) is 21.1 Å². The molecule has 12 heteroatoms. The van der Waals surface area contributed by atoms with Gasteiger partial charge in [0.2, 0.25) is 10.0 Å². The lowest BCUT2D eigenvalue weighted by Crippen LogP contribution is -2.40. The summed E-state index contributed by atoms with van der Waals surface area (Å²) in [6.45, 7) is 3.90. The third-order valence-corrected chi connectivity index (χ3v) is 6.32. The number of rotatable bonds is 8. The SMILES string of the molecule is CCCCn1nnnc1COC(=O)c1cc(S(=O)(=O)N2CCOCC2)cn1C. The van der Waals surface area contributed by atoms with E-state index in [4.69, 9.17) is 9.47 Å². The van der Waals surface area contributed by atoms with Crippen LogP contribution >= 0.6 is 0 Å². The molecule has 0 aromatic carbocycles. The van der Waals surface area contributed by atoms with Crippen molar-refractivity contribution < 1.29 is 22.7 Å². The number of sulfonamides is 1. The van der Waals surface area contributed by atoms with Gasteiger partial charge in [-0.25, -0.2) is 17.9 Å². The predicted molar refractivity (Wildman–Crippen MR) is 96.8 cm³/mol. The van der Waals surface area contributed by atoms with E-state index in [-0.39, 0.29) is 30.3 Å². The zero-order chi connectivity index (χ0) is 20.1. The van der Waals surface area contributed by atoms with Gasteiger partial charge in [-0.1, -0.05) is 13.3 Å².